The Balaban J connectivity index is 1.87. The molecule has 1 N–H and O–H groups in total. The fourth-order valence-corrected chi connectivity index (χ4v) is 7.06. The van der Waals surface area contributed by atoms with E-state index in [1.165, 1.54) is 6.08 Å². The Kier molecular flexibility index (Phi) is 4.97. The number of Topliss-reactive ketones (excluding diaryl/α,β-unsaturated/α-hetero) is 1. The van der Waals surface area contributed by atoms with Gasteiger partial charge in [0, 0.05) is 29.1 Å². The van der Waals surface area contributed by atoms with Gasteiger partial charge in [-0.1, -0.05) is 38.5 Å². The van der Waals surface area contributed by atoms with Gasteiger partial charge in [-0.05, 0) is 50.3 Å². The Bertz CT molecular complexity index is 934. The largest absolute Gasteiger partial charge is 0.450 e. The number of carbonyl (C=O) groups excluding carboxylic acids is 3. The topological polar surface area (TPSA) is 80.7 Å². The number of alkyl halides is 1. The van der Waals surface area contributed by atoms with Crippen molar-refractivity contribution >= 4 is 17.5 Å². The van der Waals surface area contributed by atoms with E-state index in [1.807, 2.05) is 20.8 Å². The Morgan fingerprint density at radius 3 is 2.58 bits per heavy atom. The second-order valence-corrected chi connectivity index (χ2v) is 10.0. The van der Waals surface area contributed by atoms with Crippen LogP contribution in [0.1, 0.15) is 53.4 Å². The number of esters is 1. The van der Waals surface area contributed by atoms with Gasteiger partial charge >= 0.3 is 5.97 Å². The molecule has 168 valence electrons. The maximum absolute atomic E-state index is 16.9. The second-order valence-electron chi connectivity index (χ2n) is 10.0. The first kappa shape index (κ1) is 22.1. The standard InChI is InChI=1S/C25H31FO5/c1-5-21(30)31-25(20(29)14-27)15(2)12-19-18-7-6-16-13-17(28)8-9-22(16,3)24(18,26)11-10-23(19,25)4/h8-11,13,15,18-19,27H,5-7,12,14H2,1-4H3/t15-,18+,19+,22+,23+,24-,25-/m1/s1. The highest BCUT2D eigenvalue weighted by atomic mass is 19.1. The molecule has 2 saturated carbocycles. The summed E-state index contributed by atoms with van der Waals surface area (Å²) in [7, 11) is 0. The molecule has 0 saturated heterocycles. The third kappa shape index (κ3) is 2.60. The van der Waals surface area contributed by atoms with Crippen LogP contribution in [0.5, 0.6) is 0 Å². The first-order chi connectivity index (χ1) is 14.5. The third-order valence-corrected chi connectivity index (χ3v) is 8.78. The highest BCUT2D eigenvalue weighted by molar-refractivity contribution is 6.01. The van der Waals surface area contributed by atoms with Crippen LogP contribution < -0.4 is 0 Å². The van der Waals surface area contributed by atoms with Gasteiger partial charge in [0.15, 0.2) is 11.4 Å². The molecule has 0 aromatic rings. The van der Waals surface area contributed by atoms with Gasteiger partial charge in [-0.2, -0.15) is 0 Å². The predicted molar refractivity (Wildman–Crippen MR) is 113 cm³/mol. The van der Waals surface area contributed by atoms with Gasteiger partial charge in [-0.15, -0.1) is 0 Å². The molecule has 0 radical (unpaired) electrons. The van der Waals surface area contributed by atoms with Crippen molar-refractivity contribution in [2.75, 3.05) is 6.61 Å². The van der Waals surface area contributed by atoms with Crippen molar-refractivity contribution in [2.45, 2.75) is 64.6 Å². The molecule has 0 amide bonds. The molecule has 0 bridgehead atoms. The van der Waals surface area contributed by atoms with Crippen molar-refractivity contribution in [3.63, 3.8) is 0 Å². The summed E-state index contributed by atoms with van der Waals surface area (Å²) in [5, 5.41) is 9.78. The van der Waals surface area contributed by atoms with Crippen molar-refractivity contribution in [3.05, 3.63) is 36.0 Å². The normalized spacial score (nSPS) is 45.4. The molecule has 7 atom stereocenters. The van der Waals surface area contributed by atoms with Crippen molar-refractivity contribution in [2.24, 2.45) is 28.6 Å². The SMILES string of the molecule is CCC(=O)O[C@@]1(C(=O)CO)[C@H](C)C[C@H]2[C@@H]3CCC4=CC(=O)C=C[C@]4(C)[C@@]3(F)C=C[C@@]21C. The van der Waals surface area contributed by atoms with Gasteiger partial charge in [0.2, 0.25) is 5.78 Å². The molecule has 4 aliphatic rings. The Hall–Kier alpha value is -2.08. The summed E-state index contributed by atoms with van der Waals surface area (Å²) in [5.41, 5.74) is -4.30. The second kappa shape index (κ2) is 6.96. The molecule has 0 aromatic heterocycles. The lowest BCUT2D eigenvalue weighted by atomic mass is 9.48. The molecule has 0 spiro atoms. The quantitative estimate of drug-likeness (QED) is 0.544. The average molecular weight is 431 g/mol. The smallest absolute Gasteiger partial charge is 0.306 e. The van der Waals surface area contributed by atoms with E-state index in [1.54, 1.807) is 31.2 Å². The number of ether oxygens (including phenoxy) is 1. The third-order valence-electron chi connectivity index (χ3n) is 8.78. The first-order valence-electron chi connectivity index (χ1n) is 11.2. The number of aliphatic hydroxyl groups is 1. The van der Waals surface area contributed by atoms with Crippen molar-refractivity contribution in [1.82, 2.24) is 0 Å². The summed E-state index contributed by atoms with van der Waals surface area (Å²) < 4.78 is 22.8. The number of ketones is 2. The van der Waals surface area contributed by atoms with E-state index in [0.717, 1.165) is 5.57 Å². The van der Waals surface area contributed by atoms with E-state index in [2.05, 4.69) is 0 Å². The van der Waals surface area contributed by atoms with Crippen LogP contribution in [0.3, 0.4) is 0 Å². The molecule has 5 nitrogen and oxygen atoms in total. The van der Waals surface area contributed by atoms with Gasteiger partial charge in [-0.3, -0.25) is 14.4 Å². The van der Waals surface area contributed by atoms with Crippen LogP contribution in [0.4, 0.5) is 4.39 Å². The molecular formula is C25H31FO5. The van der Waals surface area contributed by atoms with E-state index in [-0.39, 0.29) is 24.0 Å². The van der Waals surface area contributed by atoms with Crippen LogP contribution in [0.15, 0.2) is 36.0 Å². The van der Waals surface area contributed by atoms with Gasteiger partial charge in [-0.25, -0.2) is 4.39 Å². The van der Waals surface area contributed by atoms with Crippen LogP contribution in [0, 0.1) is 28.6 Å². The summed E-state index contributed by atoms with van der Waals surface area (Å²) in [6.45, 7) is 6.47. The summed E-state index contributed by atoms with van der Waals surface area (Å²) in [6.07, 6.45) is 9.70. The summed E-state index contributed by atoms with van der Waals surface area (Å²) in [4.78, 5) is 37.4. The number of allylic oxidation sites excluding steroid dienone is 5. The van der Waals surface area contributed by atoms with Crippen LogP contribution in [0.25, 0.3) is 0 Å². The number of carbonyl (C=O) groups is 3. The maximum Gasteiger partial charge on any atom is 0.306 e. The fraction of sp³-hybridized carbons (Fsp3) is 0.640. The Labute approximate surface area is 182 Å². The molecule has 2 fully saturated rings. The number of fused-ring (bicyclic) bond motifs is 5. The van der Waals surface area contributed by atoms with Gasteiger partial charge in [0.25, 0.3) is 0 Å². The zero-order chi connectivity index (χ0) is 22.8. The number of halogens is 1. The van der Waals surface area contributed by atoms with E-state index >= 15 is 4.39 Å². The number of hydrogen-bond donors (Lipinski definition) is 1. The maximum atomic E-state index is 16.9. The fourth-order valence-electron chi connectivity index (χ4n) is 7.06. The minimum absolute atomic E-state index is 0.110. The van der Waals surface area contributed by atoms with Crippen LogP contribution in [-0.4, -0.2) is 40.5 Å². The number of hydrogen-bond acceptors (Lipinski definition) is 5. The van der Waals surface area contributed by atoms with E-state index in [0.29, 0.717) is 19.3 Å². The van der Waals surface area contributed by atoms with E-state index in [9.17, 15) is 19.5 Å². The first-order valence-corrected chi connectivity index (χ1v) is 11.2. The zero-order valence-corrected chi connectivity index (χ0v) is 18.6. The van der Waals surface area contributed by atoms with E-state index in [4.69, 9.17) is 4.74 Å². The molecule has 4 rings (SSSR count). The lowest BCUT2D eigenvalue weighted by Crippen LogP contribution is -2.63. The molecule has 6 heteroatoms. The number of aliphatic hydroxyl groups excluding tert-OH is 1. The highest BCUT2D eigenvalue weighted by Gasteiger charge is 2.73. The lowest BCUT2D eigenvalue weighted by Gasteiger charge is -2.58. The van der Waals surface area contributed by atoms with Gasteiger partial charge in [0.05, 0.1) is 0 Å². The molecular weight excluding hydrogens is 399 g/mol. The number of rotatable bonds is 4. The van der Waals surface area contributed by atoms with Gasteiger partial charge in [0.1, 0.15) is 12.3 Å². The minimum Gasteiger partial charge on any atom is -0.450 e. The molecule has 0 aromatic carbocycles. The monoisotopic (exact) mass is 430 g/mol. The summed E-state index contributed by atoms with van der Waals surface area (Å²) in [5.74, 6) is -2.17. The highest BCUT2D eigenvalue weighted by Crippen LogP contribution is 2.69. The molecule has 31 heavy (non-hydrogen) atoms. The predicted octanol–water partition coefficient (Wildman–Crippen LogP) is 3.66. The van der Waals surface area contributed by atoms with Crippen LogP contribution in [-0.2, 0) is 19.1 Å². The Morgan fingerprint density at radius 2 is 1.94 bits per heavy atom. The summed E-state index contributed by atoms with van der Waals surface area (Å²) in [6, 6.07) is 0. The van der Waals surface area contributed by atoms with Gasteiger partial charge < -0.3 is 9.84 Å². The molecule has 0 aliphatic heterocycles. The van der Waals surface area contributed by atoms with Crippen LogP contribution >= 0.6 is 0 Å². The van der Waals surface area contributed by atoms with Crippen molar-refractivity contribution in [1.29, 1.82) is 0 Å². The Morgan fingerprint density at radius 1 is 1.23 bits per heavy atom. The lowest BCUT2D eigenvalue weighted by molar-refractivity contribution is -0.187. The van der Waals surface area contributed by atoms with Crippen molar-refractivity contribution in [3.8, 4) is 0 Å². The average Bonchev–Trinajstić information content (AvgIpc) is 2.96. The van der Waals surface area contributed by atoms with Crippen molar-refractivity contribution < 1.29 is 28.6 Å². The summed E-state index contributed by atoms with van der Waals surface area (Å²) >= 11 is 0. The molecule has 0 heterocycles. The van der Waals surface area contributed by atoms with E-state index < -0.39 is 46.4 Å². The van der Waals surface area contributed by atoms with Crippen LogP contribution in [0.2, 0.25) is 0 Å². The zero-order valence-electron chi connectivity index (χ0n) is 18.6. The minimum atomic E-state index is -1.72. The molecule has 0 unspecified atom stereocenters. The molecule has 4 aliphatic carbocycles.